The minimum Gasteiger partial charge on any atom is -0.326 e. The first kappa shape index (κ1) is 13.4. The molecule has 0 amide bonds. The normalized spacial score (nSPS) is 29.7. The highest BCUT2D eigenvalue weighted by molar-refractivity contribution is 5.15. The standard InChI is InChI=1S/C13H17F3N2/c1-12(13(14,15)16)9-18(8-11(12)17)7-10-5-3-2-4-6-10/h2-6,11H,7-9,17H2,1H3/t11-,12+/m1/s1. The van der Waals surface area contributed by atoms with Gasteiger partial charge in [0.1, 0.15) is 0 Å². The van der Waals surface area contributed by atoms with Gasteiger partial charge in [0, 0.05) is 25.7 Å². The zero-order chi connectivity index (χ0) is 13.4. The largest absolute Gasteiger partial charge is 0.396 e. The van der Waals surface area contributed by atoms with Gasteiger partial charge in [-0.25, -0.2) is 0 Å². The van der Waals surface area contributed by atoms with E-state index in [1.54, 1.807) is 4.90 Å². The third-order valence-corrected chi connectivity index (χ3v) is 3.72. The highest BCUT2D eigenvalue weighted by Gasteiger charge is 2.58. The zero-order valence-corrected chi connectivity index (χ0v) is 10.2. The number of hydrogen-bond acceptors (Lipinski definition) is 2. The number of alkyl halides is 3. The van der Waals surface area contributed by atoms with Crippen LogP contribution in [0.3, 0.4) is 0 Å². The van der Waals surface area contributed by atoms with E-state index in [9.17, 15) is 13.2 Å². The number of halogens is 3. The van der Waals surface area contributed by atoms with Crippen molar-refractivity contribution < 1.29 is 13.2 Å². The van der Waals surface area contributed by atoms with Crippen LogP contribution in [0, 0.1) is 5.41 Å². The molecule has 0 bridgehead atoms. The molecule has 2 N–H and O–H groups in total. The Morgan fingerprint density at radius 3 is 2.44 bits per heavy atom. The van der Waals surface area contributed by atoms with Crippen molar-refractivity contribution in [2.45, 2.75) is 25.7 Å². The molecular weight excluding hydrogens is 241 g/mol. The number of benzene rings is 1. The van der Waals surface area contributed by atoms with Crippen LogP contribution in [-0.2, 0) is 6.54 Å². The Kier molecular flexibility index (Phi) is 3.38. The number of rotatable bonds is 2. The van der Waals surface area contributed by atoms with E-state index in [2.05, 4.69) is 0 Å². The Morgan fingerprint density at radius 2 is 1.94 bits per heavy atom. The second kappa shape index (κ2) is 4.55. The van der Waals surface area contributed by atoms with Gasteiger partial charge in [-0.1, -0.05) is 30.3 Å². The Morgan fingerprint density at radius 1 is 1.33 bits per heavy atom. The van der Waals surface area contributed by atoms with Crippen LogP contribution in [0.15, 0.2) is 30.3 Å². The van der Waals surface area contributed by atoms with Gasteiger partial charge in [-0.2, -0.15) is 13.2 Å². The van der Waals surface area contributed by atoms with Gasteiger partial charge in [0.15, 0.2) is 0 Å². The molecule has 2 nitrogen and oxygen atoms in total. The molecule has 1 aliphatic rings. The van der Waals surface area contributed by atoms with Crippen molar-refractivity contribution in [2.24, 2.45) is 11.1 Å². The van der Waals surface area contributed by atoms with Crippen molar-refractivity contribution in [3.8, 4) is 0 Å². The van der Waals surface area contributed by atoms with E-state index in [0.29, 0.717) is 6.54 Å². The maximum absolute atomic E-state index is 13.0. The van der Waals surface area contributed by atoms with E-state index in [1.165, 1.54) is 6.92 Å². The molecule has 0 unspecified atom stereocenters. The van der Waals surface area contributed by atoms with Crippen molar-refractivity contribution in [1.82, 2.24) is 4.90 Å². The molecule has 0 spiro atoms. The van der Waals surface area contributed by atoms with E-state index in [4.69, 9.17) is 5.73 Å². The topological polar surface area (TPSA) is 29.3 Å². The average Bonchev–Trinajstić information content (AvgIpc) is 2.56. The molecule has 100 valence electrons. The predicted molar refractivity (Wildman–Crippen MR) is 63.9 cm³/mol. The maximum atomic E-state index is 13.0. The third kappa shape index (κ3) is 2.37. The smallest absolute Gasteiger partial charge is 0.326 e. The fourth-order valence-electron chi connectivity index (χ4n) is 2.39. The molecule has 0 radical (unpaired) electrons. The van der Waals surface area contributed by atoms with Crippen LogP contribution in [0.1, 0.15) is 12.5 Å². The lowest BCUT2D eigenvalue weighted by atomic mass is 9.85. The Hall–Kier alpha value is -1.07. The van der Waals surface area contributed by atoms with Crippen LogP contribution in [0.5, 0.6) is 0 Å². The molecule has 18 heavy (non-hydrogen) atoms. The fraction of sp³-hybridized carbons (Fsp3) is 0.538. The SMILES string of the molecule is C[C@]1(C(F)(F)F)CN(Cc2ccccc2)C[C@H]1N. The molecule has 2 rings (SSSR count). The van der Waals surface area contributed by atoms with E-state index >= 15 is 0 Å². The minimum absolute atomic E-state index is 0.0352. The van der Waals surface area contributed by atoms with Gasteiger partial charge in [-0.15, -0.1) is 0 Å². The van der Waals surface area contributed by atoms with Crippen molar-refractivity contribution in [3.05, 3.63) is 35.9 Å². The van der Waals surface area contributed by atoms with Crippen molar-refractivity contribution in [2.75, 3.05) is 13.1 Å². The van der Waals surface area contributed by atoms with E-state index in [-0.39, 0.29) is 13.1 Å². The van der Waals surface area contributed by atoms with Gasteiger partial charge < -0.3 is 5.73 Å². The highest BCUT2D eigenvalue weighted by Crippen LogP contribution is 2.44. The molecule has 1 saturated heterocycles. The van der Waals surface area contributed by atoms with Crippen molar-refractivity contribution >= 4 is 0 Å². The predicted octanol–water partition coefficient (Wildman–Crippen LogP) is 2.40. The van der Waals surface area contributed by atoms with Crippen molar-refractivity contribution in [3.63, 3.8) is 0 Å². The van der Waals surface area contributed by atoms with Gasteiger partial charge in [-0.05, 0) is 12.5 Å². The molecule has 0 saturated carbocycles. The molecule has 1 aliphatic heterocycles. The lowest BCUT2D eigenvalue weighted by Gasteiger charge is -2.30. The Balaban J connectivity index is 2.08. The van der Waals surface area contributed by atoms with Gasteiger partial charge in [-0.3, -0.25) is 4.90 Å². The number of nitrogens with two attached hydrogens (primary N) is 1. The van der Waals surface area contributed by atoms with Crippen LogP contribution in [-0.4, -0.2) is 30.2 Å². The van der Waals surface area contributed by atoms with Gasteiger partial charge in [0.25, 0.3) is 0 Å². The molecule has 1 fully saturated rings. The summed E-state index contributed by atoms with van der Waals surface area (Å²) in [5.41, 5.74) is 4.89. The van der Waals surface area contributed by atoms with E-state index < -0.39 is 17.6 Å². The van der Waals surface area contributed by atoms with Crippen molar-refractivity contribution in [1.29, 1.82) is 0 Å². The van der Waals surface area contributed by atoms with Crippen LogP contribution >= 0.6 is 0 Å². The van der Waals surface area contributed by atoms with Crippen LogP contribution < -0.4 is 5.73 Å². The molecule has 1 heterocycles. The summed E-state index contributed by atoms with van der Waals surface area (Å²) in [6.45, 7) is 1.97. The summed E-state index contributed by atoms with van der Waals surface area (Å²) < 4.78 is 39.0. The summed E-state index contributed by atoms with van der Waals surface area (Å²) in [4.78, 5) is 1.77. The highest BCUT2D eigenvalue weighted by atomic mass is 19.4. The van der Waals surface area contributed by atoms with Crippen LogP contribution in [0.25, 0.3) is 0 Å². The third-order valence-electron chi connectivity index (χ3n) is 3.72. The summed E-state index contributed by atoms with van der Waals surface area (Å²) in [6, 6.07) is 8.62. The summed E-state index contributed by atoms with van der Waals surface area (Å²) in [5, 5.41) is 0. The number of nitrogens with zero attached hydrogens (tertiary/aromatic N) is 1. The Labute approximate surface area is 105 Å². The van der Waals surface area contributed by atoms with Gasteiger partial charge in [0.2, 0.25) is 0 Å². The summed E-state index contributed by atoms with van der Waals surface area (Å²) in [7, 11) is 0. The molecule has 2 atom stereocenters. The summed E-state index contributed by atoms with van der Waals surface area (Å²) in [6.07, 6.45) is -4.25. The average molecular weight is 258 g/mol. The molecule has 0 aliphatic carbocycles. The molecule has 5 heteroatoms. The second-order valence-corrected chi connectivity index (χ2v) is 5.18. The first-order valence-electron chi connectivity index (χ1n) is 5.91. The van der Waals surface area contributed by atoms with Crippen LogP contribution in [0.4, 0.5) is 13.2 Å². The van der Waals surface area contributed by atoms with Gasteiger partial charge >= 0.3 is 6.18 Å². The minimum atomic E-state index is -4.25. The van der Waals surface area contributed by atoms with E-state index in [1.807, 2.05) is 30.3 Å². The molecule has 1 aromatic rings. The second-order valence-electron chi connectivity index (χ2n) is 5.18. The molecule has 1 aromatic carbocycles. The number of likely N-dealkylation sites (tertiary alicyclic amines) is 1. The summed E-state index contributed by atoms with van der Waals surface area (Å²) >= 11 is 0. The lowest BCUT2D eigenvalue weighted by Crippen LogP contribution is -2.48. The quantitative estimate of drug-likeness (QED) is 0.882. The Bertz CT molecular complexity index is 404. The monoisotopic (exact) mass is 258 g/mol. The fourth-order valence-corrected chi connectivity index (χ4v) is 2.39. The molecule has 0 aromatic heterocycles. The maximum Gasteiger partial charge on any atom is 0.396 e. The number of hydrogen-bond donors (Lipinski definition) is 1. The van der Waals surface area contributed by atoms with Gasteiger partial charge in [0.05, 0.1) is 5.41 Å². The first-order valence-corrected chi connectivity index (χ1v) is 5.91. The molecular formula is C13H17F3N2. The zero-order valence-electron chi connectivity index (χ0n) is 10.2. The van der Waals surface area contributed by atoms with E-state index in [0.717, 1.165) is 5.56 Å². The van der Waals surface area contributed by atoms with Crippen LogP contribution in [0.2, 0.25) is 0 Å². The first-order chi connectivity index (χ1) is 8.33. The summed E-state index contributed by atoms with van der Waals surface area (Å²) in [5.74, 6) is 0. The lowest BCUT2D eigenvalue weighted by molar-refractivity contribution is -0.216.